The molecule has 1 aromatic carbocycles. The number of ether oxygens (including phenoxy) is 1. The molecule has 1 aromatic rings. The van der Waals surface area contributed by atoms with E-state index in [1.807, 2.05) is 0 Å². The van der Waals surface area contributed by atoms with E-state index >= 15 is 0 Å². The quantitative estimate of drug-likeness (QED) is 0.744. The standard InChI is InChI=1S/C16H21F3N2O3/c1-9(2)12(24-15(20)23)8-21-14(16(17,18)19)13(22)11-6-4-10(3)5-7-11/h4-7,9,12,14,21H,8H2,1-3H3,(H2,20,23). The Balaban J connectivity index is 2.91. The van der Waals surface area contributed by atoms with E-state index in [0.29, 0.717) is 0 Å². The number of ketones is 1. The van der Waals surface area contributed by atoms with Crippen LogP contribution >= 0.6 is 0 Å². The monoisotopic (exact) mass is 346 g/mol. The first-order chi connectivity index (χ1) is 11.0. The van der Waals surface area contributed by atoms with Crippen molar-refractivity contribution in [3.05, 3.63) is 35.4 Å². The molecule has 0 aliphatic heterocycles. The Morgan fingerprint density at radius 3 is 2.17 bits per heavy atom. The normalized spacial score (nSPS) is 14.3. The molecular formula is C16H21F3N2O3. The molecule has 134 valence electrons. The summed E-state index contributed by atoms with van der Waals surface area (Å²) in [5, 5.41) is 2.15. The van der Waals surface area contributed by atoms with Crippen LogP contribution in [0.2, 0.25) is 0 Å². The van der Waals surface area contributed by atoms with Crippen LogP contribution in [0.25, 0.3) is 0 Å². The summed E-state index contributed by atoms with van der Waals surface area (Å²) in [4.78, 5) is 23.0. The van der Waals surface area contributed by atoms with E-state index in [2.05, 4.69) is 5.32 Å². The van der Waals surface area contributed by atoms with Gasteiger partial charge in [0.25, 0.3) is 0 Å². The highest BCUT2D eigenvalue weighted by Gasteiger charge is 2.45. The molecule has 0 aliphatic rings. The lowest BCUT2D eigenvalue weighted by Crippen LogP contribution is -2.51. The maximum Gasteiger partial charge on any atom is 0.411 e. The van der Waals surface area contributed by atoms with E-state index in [1.165, 1.54) is 12.1 Å². The number of hydrogen-bond donors (Lipinski definition) is 2. The van der Waals surface area contributed by atoms with Crippen molar-refractivity contribution in [1.82, 2.24) is 5.32 Å². The fraction of sp³-hybridized carbons (Fsp3) is 0.500. The summed E-state index contributed by atoms with van der Waals surface area (Å²) in [6.07, 6.45) is -6.74. The van der Waals surface area contributed by atoms with Crippen LogP contribution in [0.3, 0.4) is 0 Å². The topological polar surface area (TPSA) is 81.4 Å². The molecule has 8 heteroatoms. The van der Waals surface area contributed by atoms with Crippen LogP contribution in [0, 0.1) is 12.8 Å². The Hall–Kier alpha value is -2.09. The summed E-state index contributed by atoms with van der Waals surface area (Å²) in [5.74, 6) is -1.36. The summed E-state index contributed by atoms with van der Waals surface area (Å²) in [5.41, 5.74) is 5.69. The molecule has 0 fully saturated rings. The molecule has 0 heterocycles. The second-order valence-electron chi connectivity index (χ2n) is 5.83. The highest BCUT2D eigenvalue weighted by molar-refractivity contribution is 6.00. The minimum absolute atomic E-state index is 0.0488. The number of alkyl halides is 3. The van der Waals surface area contributed by atoms with E-state index in [-0.39, 0.29) is 18.0 Å². The summed E-state index contributed by atoms with van der Waals surface area (Å²) < 4.78 is 44.5. The Kier molecular flexibility index (Phi) is 6.77. The molecule has 0 saturated heterocycles. The van der Waals surface area contributed by atoms with Crippen LogP contribution in [-0.2, 0) is 4.74 Å². The van der Waals surface area contributed by atoms with Gasteiger partial charge in [-0.1, -0.05) is 43.7 Å². The van der Waals surface area contributed by atoms with Crippen molar-refractivity contribution in [1.29, 1.82) is 0 Å². The third kappa shape index (κ3) is 5.84. The number of benzene rings is 1. The van der Waals surface area contributed by atoms with Gasteiger partial charge >= 0.3 is 12.3 Å². The zero-order chi connectivity index (χ0) is 18.5. The lowest BCUT2D eigenvalue weighted by molar-refractivity contribution is -0.145. The molecule has 0 bridgehead atoms. The van der Waals surface area contributed by atoms with Crippen molar-refractivity contribution >= 4 is 11.9 Å². The third-order valence-electron chi connectivity index (χ3n) is 3.46. The second kappa shape index (κ2) is 8.14. The highest BCUT2D eigenvalue weighted by atomic mass is 19.4. The van der Waals surface area contributed by atoms with E-state index in [0.717, 1.165) is 5.56 Å². The molecule has 0 radical (unpaired) electrons. The van der Waals surface area contributed by atoms with Crippen LogP contribution in [0.1, 0.15) is 29.8 Å². The van der Waals surface area contributed by atoms with Gasteiger partial charge in [0.2, 0.25) is 0 Å². The van der Waals surface area contributed by atoms with Gasteiger partial charge in [0.1, 0.15) is 6.10 Å². The number of carbonyl (C=O) groups excluding carboxylic acids is 2. The van der Waals surface area contributed by atoms with E-state index in [9.17, 15) is 22.8 Å². The maximum absolute atomic E-state index is 13.2. The summed E-state index contributed by atoms with van der Waals surface area (Å²) >= 11 is 0. The number of aryl methyl sites for hydroxylation is 1. The van der Waals surface area contributed by atoms with Crippen molar-refractivity contribution in [2.45, 2.75) is 39.1 Å². The molecule has 1 rings (SSSR count). The largest absolute Gasteiger partial charge is 0.445 e. The predicted molar refractivity (Wildman–Crippen MR) is 82.6 cm³/mol. The summed E-state index contributed by atoms with van der Waals surface area (Å²) in [6.45, 7) is 4.75. The molecule has 24 heavy (non-hydrogen) atoms. The molecular weight excluding hydrogens is 325 g/mol. The van der Waals surface area contributed by atoms with Crippen molar-refractivity contribution in [3.63, 3.8) is 0 Å². The Labute approximate surface area is 138 Å². The zero-order valence-corrected chi connectivity index (χ0v) is 13.7. The lowest BCUT2D eigenvalue weighted by Gasteiger charge is -2.25. The molecule has 2 unspecified atom stereocenters. The van der Waals surface area contributed by atoms with E-state index < -0.39 is 30.2 Å². The van der Waals surface area contributed by atoms with Crippen molar-refractivity contribution < 1.29 is 27.5 Å². The van der Waals surface area contributed by atoms with Crippen molar-refractivity contribution in [2.75, 3.05) is 6.54 Å². The molecule has 2 atom stereocenters. The smallest absolute Gasteiger partial charge is 0.411 e. The van der Waals surface area contributed by atoms with Gasteiger partial charge in [0.05, 0.1) is 0 Å². The number of nitrogens with two attached hydrogens (primary N) is 1. The number of primary amides is 1. The predicted octanol–water partition coefficient (Wildman–Crippen LogP) is 2.82. The number of hydrogen-bond acceptors (Lipinski definition) is 4. The van der Waals surface area contributed by atoms with E-state index in [4.69, 9.17) is 10.5 Å². The van der Waals surface area contributed by atoms with Crippen molar-refractivity contribution in [3.8, 4) is 0 Å². The number of nitrogens with one attached hydrogen (secondary N) is 1. The zero-order valence-electron chi connectivity index (χ0n) is 13.7. The van der Waals surface area contributed by atoms with Crippen LogP contribution in [-0.4, -0.2) is 36.7 Å². The van der Waals surface area contributed by atoms with Crippen LogP contribution in [0.5, 0.6) is 0 Å². The Morgan fingerprint density at radius 2 is 1.75 bits per heavy atom. The van der Waals surface area contributed by atoms with Gasteiger partial charge in [0.15, 0.2) is 11.8 Å². The molecule has 0 spiro atoms. The van der Waals surface area contributed by atoms with Gasteiger partial charge < -0.3 is 10.5 Å². The molecule has 0 aromatic heterocycles. The highest BCUT2D eigenvalue weighted by Crippen LogP contribution is 2.24. The average molecular weight is 346 g/mol. The average Bonchev–Trinajstić information content (AvgIpc) is 2.44. The van der Waals surface area contributed by atoms with Crippen LogP contribution in [0.4, 0.5) is 18.0 Å². The van der Waals surface area contributed by atoms with Crippen LogP contribution < -0.4 is 11.1 Å². The van der Waals surface area contributed by atoms with Gasteiger partial charge in [-0.3, -0.25) is 10.1 Å². The van der Waals surface area contributed by atoms with Gasteiger partial charge in [-0.2, -0.15) is 13.2 Å². The molecule has 3 N–H and O–H groups in total. The lowest BCUT2D eigenvalue weighted by atomic mass is 10.0. The minimum atomic E-state index is -4.78. The SMILES string of the molecule is Cc1ccc(C(=O)C(NCC(OC(N)=O)C(C)C)C(F)(F)F)cc1. The van der Waals surface area contributed by atoms with Gasteiger partial charge in [-0.25, -0.2) is 4.79 Å². The third-order valence-corrected chi connectivity index (χ3v) is 3.46. The molecule has 0 aliphatic carbocycles. The number of amides is 1. The fourth-order valence-electron chi connectivity index (χ4n) is 2.04. The Bertz CT molecular complexity index is 571. The fourth-order valence-corrected chi connectivity index (χ4v) is 2.04. The Morgan fingerprint density at radius 1 is 1.21 bits per heavy atom. The first kappa shape index (κ1) is 20.0. The molecule has 5 nitrogen and oxygen atoms in total. The van der Waals surface area contributed by atoms with Gasteiger partial charge in [-0.15, -0.1) is 0 Å². The number of carbonyl (C=O) groups is 2. The van der Waals surface area contributed by atoms with Gasteiger partial charge in [-0.05, 0) is 12.8 Å². The summed E-state index contributed by atoms with van der Waals surface area (Å²) in [7, 11) is 0. The first-order valence-corrected chi connectivity index (χ1v) is 7.39. The molecule has 1 amide bonds. The first-order valence-electron chi connectivity index (χ1n) is 7.39. The number of rotatable bonds is 7. The maximum atomic E-state index is 13.2. The van der Waals surface area contributed by atoms with Crippen LogP contribution in [0.15, 0.2) is 24.3 Å². The number of halogens is 3. The minimum Gasteiger partial charge on any atom is -0.445 e. The van der Waals surface area contributed by atoms with E-state index in [1.54, 1.807) is 32.9 Å². The summed E-state index contributed by atoms with van der Waals surface area (Å²) in [6, 6.07) is 3.43. The van der Waals surface area contributed by atoms with Gasteiger partial charge in [0, 0.05) is 12.1 Å². The second-order valence-corrected chi connectivity index (χ2v) is 5.83. The van der Waals surface area contributed by atoms with Crippen molar-refractivity contribution in [2.24, 2.45) is 11.7 Å². The number of Topliss-reactive ketones (excluding diaryl/α,β-unsaturated/α-hetero) is 1. The molecule has 0 saturated carbocycles.